The summed E-state index contributed by atoms with van der Waals surface area (Å²) in [6, 6.07) is 26.0. The Kier molecular flexibility index (Phi) is 4.44. The molecule has 0 bridgehead atoms. The maximum Gasteiger partial charge on any atom is 0.167 e. The van der Waals surface area contributed by atoms with Crippen molar-refractivity contribution in [2.24, 2.45) is 0 Å². The summed E-state index contributed by atoms with van der Waals surface area (Å²) in [6.45, 7) is 0. The van der Waals surface area contributed by atoms with Crippen LogP contribution in [-0.4, -0.2) is 9.37 Å². The fourth-order valence-corrected chi connectivity index (χ4v) is 4.09. The molecule has 0 amide bonds. The van der Waals surface area contributed by atoms with E-state index < -0.39 is 10.8 Å². The van der Waals surface area contributed by atoms with Gasteiger partial charge in [0.1, 0.15) is 0 Å². The summed E-state index contributed by atoms with van der Waals surface area (Å²) in [5, 5.41) is 6.40. The van der Waals surface area contributed by atoms with Gasteiger partial charge in [-0.25, -0.2) is 0 Å². The molecule has 1 aromatic heterocycles. The third-order valence-corrected chi connectivity index (χ3v) is 5.37. The third-order valence-electron chi connectivity index (χ3n) is 4.12. The molecule has 0 unspecified atom stereocenters. The van der Waals surface area contributed by atoms with Crippen LogP contribution in [0.15, 0.2) is 83.4 Å². The van der Waals surface area contributed by atoms with Crippen molar-refractivity contribution >= 4 is 21.6 Å². The number of hydrogen-bond donors (Lipinski definition) is 0. The number of benzene rings is 3. The van der Waals surface area contributed by atoms with Crippen molar-refractivity contribution in [1.29, 1.82) is 0 Å². The van der Waals surface area contributed by atoms with Gasteiger partial charge in [-0.3, -0.25) is 4.21 Å². The Balaban J connectivity index is 1.50. The standard InChI is InChI=1S/C21H17NO2S/c23-25(14-18-11-6-10-16-7-4-5-12-20(16)18)15-19-13-21(24-22-19)17-8-2-1-3-9-17/h1-13H,14-15H2/t25-/m1/s1. The number of aromatic nitrogens is 1. The lowest BCUT2D eigenvalue weighted by Gasteiger charge is -2.05. The predicted molar refractivity (Wildman–Crippen MR) is 101 cm³/mol. The molecule has 25 heavy (non-hydrogen) atoms. The van der Waals surface area contributed by atoms with E-state index >= 15 is 0 Å². The normalized spacial score (nSPS) is 12.3. The summed E-state index contributed by atoms with van der Waals surface area (Å²) < 4.78 is 18.0. The van der Waals surface area contributed by atoms with Crippen molar-refractivity contribution in [3.05, 3.63) is 90.1 Å². The van der Waals surface area contributed by atoms with E-state index in [1.54, 1.807) is 0 Å². The Labute approximate surface area is 148 Å². The average molecular weight is 347 g/mol. The molecule has 0 spiro atoms. The minimum atomic E-state index is -1.04. The van der Waals surface area contributed by atoms with E-state index in [0.29, 0.717) is 17.3 Å². The van der Waals surface area contributed by atoms with E-state index in [0.717, 1.165) is 22.2 Å². The van der Waals surface area contributed by atoms with E-state index in [1.807, 2.05) is 60.7 Å². The quantitative estimate of drug-likeness (QED) is 0.513. The number of nitrogens with zero attached hydrogens (tertiary/aromatic N) is 1. The third kappa shape index (κ3) is 3.54. The van der Waals surface area contributed by atoms with Gasteiger partial charge in [0.15, 0.2) is 5.76 Å². The van der Waals surface area contributed by atoms with Crippen LogP contribution in [0, 0.1) is 0 Å². The minimum Gasteiger partial charge on any atom is -0.356 e. The van der Waals surface area contributed by atoms with Crippen LogP contribution in [-0.2, 0) is 22.3 Å². The van der Waals surface area contributed by atoms with E-state index in [2.05, 4.69) is 23.4 Å². The molecule has 0 fully saturated rings. The van der Waals surface area contributed by atoms with Crippen LogP contribution >= 0.6 is 0 Å². The van der Waals surface area contributed by atoms with Gasteiger partial charge in [0, 0.05) is 28.2 Å². The zero-order valence-electron chi connectivity index (χ0n) is 13.6. The van der Waals surface area contributed by atoms with E-state index in [1.165, 1.54) is 5.39 Å². The highest BCUT2D eigenvalue weighted by molar-refractivity contribution is 7.83. The first-order valence-corrected chi connectivity index (χ1v) is 9.61. The molecule has 3 aromatic carbocycles. The molecule has 4 rings (SSSR count). The molecule has 1 atom stereocenters. The highest BCUT2D eigenvalue weighted by atomic mass is 32.2. The molecule has 0 saturated carbocycles. The van der Waals surface area contributed by atoms with Gasteiger partial charge in [-0.15, -0.1) is 0 Å². The molecular formula is C21H17NO2S. The maximum absolute atomic E-state index is 12.6. The second-order valence-electron chi connectivity index (χ2n) is 5.92. The number of fused-ring (bicyclic) bond motifs is 1. The lowest BCUT2D eigenvalue weighted by atomic mass is 10.1. The smallest absolute Gasteiger partial charge is 0.167 e. The fraction of sp³-hybridized carbons (Fsp3) is 0.0952. The second kappa shape index (κ2) is 7.03. The second-order valence-corrected chi connectivity index (χ2v) is 7.37. The van der Waals surface area contributed by atoms with Gasteiger partial charge in [0.25, 0.3) is 0 Å². The molecule has 0 saturated heterocycles. The molecule has 4 aromatic rings. The topological polar surface area (TPSA) is 43.1 Å². The monoisotopic (exact) mass is 347 g/mol. The molecule has 0 N–H and O–H groups in total. The summed E-state index contributed by atoms with van der Waals surface area (Å²) in [4.78, 5) is 0. The molecule has 0 aliphatic rings. The first kappa shape index (κ1) is 15.8. The van der Waals surface area contributed by atoms with Gasteiger partial charge in [-0.2, -0.15) is 0 Å². The Bertz CT molecular complexity index is 1020. The molecule has 0 radical (unpaired) electrons. The van der Waals surface area contributed by atoms with Gasteiger partial charge < -0.3 is 4.52 Å². The van der Waals surface area contributed by atoms with Crippen LogP contribution in [0.4, 0.5) is 0 Å². The maximum atomic E-state index is 12.6. The first-order valence-electron chi connectivity index (χ1n) is 8.12. The summed E-state index contributed by atoms with van der Waals surface area (Å²) in [6.07, 6.45) is 0. The Hall–Kier alpha value is -2.72. The van der Waals surface area contributed by atoms with Crippen LogP contribution in [0.2, 0.25) is 0 Å². The lowest BCUT2D eigenvalue weighted by Crippen LogP contribution is -2.00. The first-order chi connectivity index (χ1) is 12.3. The van der Waals surface area contributed by atoms with Crippen LogP contribution in [0.3, 0.4) is 0 Å². The molecule has 4 heteroatoms. The van der Waals surface area contributed by atoms with Crippen molar-refractivity contribution in [3.8, 4) is 11.3 Å². The van der Waals surface area contributed by atoms with Crippen molar-refractivity contribution in [1.82, 2.24) is 5.16 Å². The minimum absolute atomic E-state index is 0.388. The van der Waals surface area contributed by atoms with Crippen molar-refractivity contribution in [2.75, 3.05) is 0 Å². The van der Waals surface area contributed by atoms with Gasteiger partial charge in [-0.05, 0) is 16.3 Å². The summed E-state index contributed by atoms with van der Waals surface area (Å²) >= 11 is 0. The SMILES string of the molecule is O=[S@@](Cc1cc(-c2ccccc2)on1)Cc1cccc2ccccc12. The summed E-state index contributed by atoms with van der Waals surface area (Å²) in [5.41, 5.74) is 2.79. The van der Waals surface area contributed by atoms with Crippen LogP contribution < -0.4 is 0 Å². The average Bonchev–Trinajstić information content (AvgIpc) is 3.11. The Morgan fingerprint density at radius 1 is 0.840 bits per heavy atom. The largest absolute Gasteiger partial charge is 0.356 e. The lowest BCUT2D eigenvalue weighted by molar-refractivity contribution is 0.426. The predicted octanol–water partition coefficient (Wildman–Crippen LogP) is 4.94. The van der Waals surface area contributed by atoms with Crippen LogP contribution in [0.1, 0.15) is 11.3 Å². The molecule has 1 heterocycles. The summed E-state index contributed by atoms with van der Waals surface area (Å²) in [5.74, 6) is 1.60. The van der Waals surface area contributed by atoms with Crippen LogP contribution in [0.5, 0.6) is 0 Å². The highest BCUT2D eigenvalue weighted by Crippen LogP contribution is 2.23. The van der Waals surface area contributed by atoms with E-state index in [-0.39, 0.29) is 0 Å². The van der Waals surface area contributed by atoms with Gasteiger partial charge in [0.05, 0.1) is 11.4 Å². The van der Waals surface area contributed by atoms with Gasteiger partial charge in [-0.1, -0.05) is 78.0 Å². The molecule has 124 valence electrons. The van der Waals surface area contributed by atoms with Crippen molar-refractivity contribution < 1.29 is 8.73 Å². The van der Waals surface area contributed by atoms with E-state index in [4.69, 9.17) is 4.52 Å². The zero-order valence-corrected chi connectivity index (χ0v) is 14.4. The molecule has 0 aliphatic carbocycles. The fourth-order valence-electron chi connectivity index (χ4n) is 2.93. The van der Waals surface area contributed by atoms with Crippen LogP contribution in [0.25, 0.3) is 22.1 Å². The van der Waals surface area contributed by atoms with Crippen molar-refractivity contribution in [2.45, 2.75) is 11.5 Å². The van der Waals surface area contributed by atoms with Crippen molar-refractivity contribution in [3.63, 3.8) is 0 Å². The van der Waals surface area contributed by atoms with E-state index in [9.17, 15) is 4.21 Å². The molecule has 0 aliphatic heterocycles. The highest BCUT2D eigenvalue weighted by Gasteiger charge is 2.11. The number of rotatable bonds is 5. The molecular weight excluding hydrogens is 330 g/mol. The van der Waals surface area contributed by atoms with Gasteiger partial charge >= 0.3 is 0 Å². The zero-order chi connectivity index (χ0) is 17.1. The van der Waals surface area contributed by atoms with Gasteiger partial charge in [0.2, 0.25) is 0 Å². The Morgan fingerprint density at radius 2 is 1.60 bits per heavy atom. The molecule has 3 nitrogen and oxygen atoms in total. The summed E-state index contributed by atoms with van der Waals surface area (Å²) in [7, 11) is -1.04. The Morgan fingerprint density at radius 3 is 2.48 bits per heavy atom. The number of hydrogen-bond acceptors (Lipinski definition) is 3.